The number of hydrogen-bond donors (Lipinski definition) is 0. The number of benzene rings is 2. The van der Waals surface area contributed by atoms with Crippen molar-refractivity contribution in [3.05, 3.63) is 81.9 Å². The van der Waals surface area contributed by atoms with E-state index >= 15 is 0 Å². The lowest BCUT2D eigenvalue weighted by atomic mass is 10.1. The minimum atomic E-state index is -0.114. The van der Waals surface area contributed by atoms with Crippen LogP contribution in [0.4, 0.5) is 0 Å². The molecule has 4 aromatic rings. The molecule has 6 nitrogen and oxygen atoms in total. The molecular formula is C20H14ClN3O3. The third-order valence-corrected chi connectivity index (χ3v) is 4.75. The number of fused-ring (bicyclic) bond motifs is 2. The lowest BCUT2D eigenvalue weighted by Crippen LogP contribution is -2.21. The Morgan fingerprint density at radius 2 is 1.93 bits per heavy atom. The van der Waals surface area contributed by atoms with E-state index in [9.17, 15) is 4.79 Å². The summed E-state index contributed by atoms with van der Waals surface area (Å²) < 4.78 is 14.0. The fourth-order valence-corrected chi connectivity index (χ4v) is 3.39. The standard InChI is InChI=1S/C20H14ClN3O3/c21-15-3-1-2-13(8-15)11-23-6-7-24-17(20(23)25)10-16(22-24)14-4-5-18-19(9-14)27-12-26-18/h1-10H,11-12H2. The van der Waals surface area contributed by atoms with Crippen molar-refractivity contribution in [2.45, 2.75) is 6.54 Å². The molecule has 0 amide bonds. The molecule has 1 aliphatic rings. The summed E-state index contributed by atoms with van der Waals surface area (Å²) in [6.07, 6.45) is 3.50. The first-order valence-corrected chi connectivity index (χ1v) is 8.78. The molecular weight excluding hydrogens is 366 g/mol. The van der Waals surface area contributed by atoms with Crippen LogP contribution in [0.5, 0.6) is 11.5 Å². The maximum Gasteiger partial charge on any atom is 0.276 e. The average molecular weight is 380 g/mol. The van der Waals surface area contributed by atoms with E-state index in [1.807, 2.05) is 42.5 Å². The minimum Gasteiger partial charge on any atom is -0.454 e. The number of ether oxygens (including phenoxy) is 2. The van der Waals surface area contributed by atoms with Gasteiger partial charge in [-0.1, -0.05) is 23.7 Å². The zero-order chi connectivity index (χ0) is 18.4. The number of aromatic nitrogens is 3. The second-order valence-electron chi connectivity index (χ2n) is 6.29. The Kier molecular flexibility index (Phi) is 3.65. The van der Waals surface area contributed by atoms with Gasteiger partial charge in [-0.3, -0.25) is 4.79 Å². The molecule has 0 N–H and O–H groups in total. The summed E-state index contributed by atoms with van der Waals surface area (Å²) in [6, 6.07) is 14.9. The van der Waals surface area contributed by atoms with Crippen LogP contribution >= 0.6 is 11.6 Å². The largest absolute Gasteiger partial charge is 0.454 e. The minimum absolute atomic E-state index is 0.114. The fraction of sp³-hybridized carbons (Fsp3) is 0.100. The molecule has 134 valence electrons. The Bertz CT molecular complexity index is 1230. The molecule has 1 aliphatic heterocycles. The van der Waals surface area contributed by atoms with E-state index in [0.29, 0.717) is 34.3 Å². The molecule has 0 saturated heterocycles. The molecule has 0 unspecified atom stereocenters. The van der Waals surface area contributed by atoms with Gasteiger partial charge < -0.3 is 14.0 Å². The van der Waals surface area contributed by atoms with Gasteiger partial charge in [0.1, 0.15) is 5.52 Å². The first-order chi connectivity index (χ1) is 13.2. The quantitative estimate of drug-likeness (QED) is 0.546. The molecule has 7 heteroatoms. The molecule has 0 bridgehead atoms. The molecule has 2 aromatic carbocycles. The molecule has 0 aliphatic carbocycles. The van der Waals surface area contributed by atoms with E-state index in [2.05, 4.69) is 5.10 Å². The number of nitrogens with zero attached hydrogens (tertiary/aromatic N) is 3. The van der Waals surface area contributed by atoms with Crippen LogP contribution in [0.3, 0.4) is 0 Å². The first-order valence-electron chi connectivity index (χ1n) is 8.41. The Morgan fingerprint density at radius 3 is 2.81 bits per heavy atom. The van der Waals surface area contributed by atoms with Gasteiger partial charge in [0, 0.05) is 23.0 Å². The topological polar surface area (TPSA) is 57.8 Å². The zero-order valence-corrected chi connectivity index (χ0v) is 14.9. The van der Waals surface area contributed by atoms with Gasteiger partial charge in [0.2, 0.25) is 6.79 Å². The van der Waals surface area contributed by atoms with Crippen LogP contribution in [0.2, 0.25) is 5.02 Å². The number of halogens is 1. The Hall–Kier alpha value is -3.25. The van der Waals surface area contributed by atoms with Crippen LogP contribution < -0.4 is 15.0 Å². The third-order valence-electron chi connectivity index (χ3n) is 4.51. The Morgan fingerprint density at radius 1 is 1.04 bits per heavy atom. The van der Waals surface area contributed by atoms with Crippen molar-refractivity contribution < 1.29 is 9.47 Å². The van der Waals surface area contributed by atoms with Crippen molar-refractivity contribution in [3.8, 4) is 22.8 Å². The van der Waals surface area contributed by atoms with E-state index in [-0.39, 0.29) is 12.4 Å². The highest BCUT2D eigenvalue weighted by Gasteiger charge is 2.16. The highest BCUT2D eigenvalue weighted by atomic mass is 35.5. The Balaban J connectivity index is 1.54. The molecule has 2 aromatic heterocycles. The van der Waals surface area contributed by atoms with Gasteiger partial charge in [0.15, 0.2) is 11.5 Å². The normalized spacial score (nSPS) is 12.6. The summed E-state index contributed by atoms with van der Waals surface area (Å²) in [6.45, 7) is 0.665. The number of rotatable bonds is 3. The summed E-state index contributed by atoms with van der Waals surface area (Å²) in [4.78, 5) is 12.9. The SMILES string of the molecule is O=c1c2cc(-c3ccc4c(c3)OCO4)nn2ccn1Cc1cccc(Cl)c1. The first kappa shape index (κ1) is 16.0. The van der Waals surface area contributed by atoms with Crippen molar-refractivity contribution in [3.63, 3.8) is 0 Å². The lowest BCUT2D eigenvalue weighted by Gasteiger charge is -2.06. The van der Waals surface area contributed by atoms with Crippen molar-refractivity contribution in [1.29, 1.82) is 0 Å². The van der Waals surface area contributed by atoms with Crippen LogP contribution in [0.25, 0.3) is 16.8 Å². The molecule has 5 rings (SSSR count). The summed E-state index contributed by atoms with van der Waals surface area (Å²) in [5.41, 5.74) is 2.92. The molecule has 3 heterocycles. The second-order valence-corrected chi connectivity index (χ2v) is 6.72. The van der Waals surface area contributed by atoms with E-state index in [0.717, 1.165) is 11.1 Å². The van der Waals surface area contributed by atoms with Gasteiger partial charge in [-0.25, -0.2) is 4.52 Å². The molecule has 0 radical (unpaired) electrons. The van der Waals surface area contributed by atoms with Gasteiger partial charge in [0.25, 0.3) is 5.56 Å². The molecule has 0 fully saturated rings. The van der Waals surface area contributed by atoms with Crippen LogP contribution in [0.15, 0.2) is 65.7 Å². The monoisotopic (exact) mass is 379 g/mol. The lowest BCUT2D eigenvalue weighted by molar-refractivity contribution is 0.174. The van der Waals surface area contributed by atoms with Gasteiger partial charge >= 0.3 is 0 Å². The van der Waals surface area contributed by atoms with Gasteiger partial charge in [-0.15, -0.1) is 0 Å². The van der Waals surface area contributed by atoms with E-state index in [1.165, 1.54) is 0 Å². The van der Waals surface area contributed by atoms with Gasteiger partial charge in [-0.2, -0.15) is 5.10 Å². The highest BCUT2D eigenvalue weighted by Crippen LogP contribution is 2.35. The fourth-order valence-electron chi connectivity index (χ4n) is 3.18. The van der Waals surface area contributed by atoms with Crippen molar-refractivity contribution in [1.82, 2.24) is 14.2 Å². The molecule has 0 spiro atoms. The van der Waals surface area contributed by atoms with Gasteiger partial charge in [0.05, 0.1) is 12.2 Å². The maximum atomic E-state index is 12.9. The van der Waals surface area contributed by atoms with Crippen LogP contribution in [0.1, 0.15) is 5.56 Å². The highest BCUT2D eigenvalue weighted by molar-refractivity contribution is 6.30. The summed E-state index contributed by atoms with van der Waals surface area (Å²) in [5.74, 6) is 1.40. The van der Waals surface area contributed by atoms with Crippen molar-refractivity contribution >= 4 is 17.1 Å². The molecule has 0 saturated carbocycles. The predicted octanol–water partition coefficient (Wildman–Crippen LogP) is 3.59. The molecule has 27 heavy (non-hydrogen) atoms. The Labute approximate surface area is 159 Å². The number of hydrogen-bond acceptors (Lipinski definition) is 4. The average Bonchev–Trinajstić information content (AvgIpc) is 3.30. The van der Waals surface area contributed by atoms with E-state index in [4.69, 9.17) is 21.1 Å². The van der Waals surface area contributed by atoms with E-state index in [1.54, 1.807) is 27.5 Å². The second kappa shape index (κ2) is 6.17. The van der Waals surface area contributed by atoms with Crippen LogP contribution in [-0.2, 0) is 6.54 Å². The summed E-state index contributed by atoms with van der Waals surface area (Å²) >= 11 is 6.04. The van der Waals surface area contributed by atoms with Crippen molar-refractivity contribution in [2.75, 3.05) is 6.79 Å². The van der Waals surface area contributed by atoms with Crippen LogP contribution in [-0.4, -0.2) is 21.0 Å². The summed E-state index contributed by atoms with van der Waals surface area (Å²) in [5, 5.41) is 5.17. The maximum absolute atomic E-state index is 12.9. The smallest absolute Gasteiger partial charge is 0.276 e. The molecule has 0 atom stereocenters. The predicted molar refractivity (Wildman–Crippen MR) is 102 cm³/mol. The van der Waals surface area contributed by atoms with Gasteiger partial charge in [-0.05, 0) is 42.0 Å². The third kappa shape index (κ3) is 2.84. The van der Waals surface area contributed by atoms with Crippen molar-refractivity contribution in [2.24, 2.45) is 0 Å². The zero-order valence-electron chi connectivity index (χ0n) is 14.1. The van der Waals surface area contributed by atoms with E-state index < -0.39 is 0 Å². The van der Waals surface area contributed by atoms with Crippen LogP contribution in [0, 0.1) is 0 Å². The summed E-state index contributed by atoms with van der Waals surface area (Å²) in [7, 11) is 0.